The zero-order valence-corrected chi connectivity index (χ0v) is 13.2. The lowest BCUT2D eigenvalue weighted by atomic mass is 9.74. The van der Waals surface area contributed by atoms with Gasteiger partial charge < -0.3 is 10.1 Å². The predicted molar refractivity (Wildman–Crippen MR) is 80.9 cm³/mol. The van der Waals surface area contributed by atoms with E-state index in [-0.39, 0.29) is 12.0 Å². The number of likely N-dealkylation sites (N-methyl/N-ethyl adjacent to an activating group) is 1. The van der Waals surface area contributed by atoms with E-state index in [4.69, 9.17) is 4.74 Å². The monoisotopic (exact) mass is 341 g/mol. The molecule has 24 heavy (non-hydrogen) atoms. The third-order valence-electron chi connectivity index (χ3n) is 4.11. The Balaban J connectivity index is 2.10. The molecular formula is C17H18F3NO3. The first-order chi connectivity index (χ1) is 11.2. The van der Waals surface area contributed by atoms with Gasteiger partial charge in [-0.2, -0.15) is 13.2 Å². The lowest BCUT2D eigenvalue weighted by Crippen LogP contribution is -2.39. The second kappa shape index (κ2) is 6.67. The molecule has 0 saturated heterocycles. The topological polar surface area (TPSA) is 55.4 Å². The fraction of sp³-hybridized carbons (Fsp3) is 0.412. The number of alkyl halides is 3. The van der Waals surface area contributed by atoms with Crippen molar-refractivity contribution < 1.29 is 27.5 Å². The first-order valence-electron chi connectivity index (χ1n) is 7.47. The van der Waals surface area contributed by atoms with E-state index in [1.165, 1.54) is 19.2 Å². The van der Waals surface area contributed by atoms with Gasteiger partial charge in [0.05, 0.1) is 12.0 Å². The number of esters is 1. The van der Waals surface area contributed by atoms with E-state index in [9.17, 15) is 22.8 Å². The van der Waals surface area contributed by atoms with Gasteiger partial charge in [0, 0.05) is 12.6 Å². The number of rotatable bonds is 5. The van der Waals surface area contributed by atoms with Crippen molar-refractivity contribution in [1.29, 1.82) is 0 Å². The molecule has 1 saturated carbocycles. The number of halogens is 3. The highest BCUT2D eigenvalue weighted by Gasteiger charge is 2.43. The summed E-state index contributed by atoms with van der Waals surface area (Å²) in [7, 11) is 1.43. The highest BCUT2D eigenvalue weighted by atomic mass is 19.4. The Bertz CT molecular complexity index is 646. The summed E-state index contributed by atoms with van der Waals surface area (Å²) in [5, 5.41) is 2.36. The summed E-state index contributed by atoms with van der Waals surface area (Å²) >= 11 is 0. The van der Waals surface area contributed by atoms with E-state index in [1.807, 2.05) is 0 Å². The Hall–Kier alpha value is -2.31. The van der Waals surface area contributed by atoms with Gasteiger partial charge in [0.25, 0.3) is 0 Å². The van der Waals surface area contributed by atoms with Crippen molar-refractivity contribution in [2.45, 2.75) is 37.5 Å². The number of nitrogens with one attached hydrogen (secondary N) is 1. The highest BCUT2D eigenvalue weighted by molar-refractivity contribution is 5.96. The van der Waals surface area contributed by atoms with Gasteiger partial charge in [-0.25, -0.2) is 0 Å². The minimum atomic E-state index is -4.41. The number of hydrogen-bond donors (Lipinski definition) is 1. The maximum atomic E-state index is 12.6. The highest BCUT2D eigenvalue weighted by Crippen LogP contribution is 2.45. The number of carbonyl (C=O) groups excluding carboxylic acids is 2. The molecule has 0 aliphatic heterocycles. The Morgan fingerprint density at radius 2 is 1.83 bits per heavy atom. The number of ether oxygens (including phenoxy) is 1. The molecule has 4 nitrogen and oxygen atoms in total. The molecule has 1 aromatic rings. The van der Waals surface area contributed by atoms with Crippen molar-refractivity contribution in [3.8, 4) is 0 Å². The van der Waals surface area contributed by atoms with E-state index in [0.717, 1.165) is 18.6 Å². The second-order valence-corrected chi connectivity index (χ2v) is 5.76. The number of amides is 1. The summed E-state index contributed by atoms with van der Waals surface area (Å²) in [6.45, 7) is 3.51. The molecule has 7 heteroatoms. The van der Waals surface area contributed by atoms with Crippen LogP contribution in [0.2, 0.25) is 0 Å². The SMILES string of the molecule is C=C(CC(=O)OC1(c2ccc(C(F)(F)F)cc2)CCC1)C(=O)NC. The Labute approximate surface area is 137 Å². The molecule has 0 aromatic heterocycles. The average molecular weight is 341 g/mol. The van der Waals surface area contributed by atoms with Crippen LogP contribution in [0.15, 0.2) is 36.4 Å². The Kier molecular flexibility index (Phi) is 5.01. The van der Waals surface area contributed by atoms with Crippen LogP contribution in [0, 0.1) is 0 Å². The van der Waals surface area contributed by atoms with Gasteiger partial charge in [0.2, 0.25) is 5.91 Å². The van der Waals surface area contributed by atoms with Crippen LogP contribution >= 0.6 is 0 Å². The van der Waals surface area contributed by atoms with Crippen molar-refractivity contribution >= 4 is 11.9 Å². The number of benzene rings is 1. The smallest absolute Gasteiger partial charge is 0.416 e. The first kappa shape index (κ1) is 18.0. The van der Waals surface area contributed by atoms with Crippen molar-refractivity contribution in [2.24, 2.45) is 0 Å². The summed E-state index contributed by atoms with van der Waals surface area (Å²) in [5.74, 6) is -1.08. The quantitative estimate of drug-likeness (QED) is 0.660. The fourth-order valence-corrected chi connectivity index (χ4v) is 2.60. The summed E-state index contributed by atoms with van der Waals surface area (Å²) < 4.78 is 43.4. The molecule has 0 bridgehead atoms. The minimum Gasteiger partial charge on any atom is -0.454 e. The molecule has 1 N–H and O–H groups in total. The first-order valence-corrected chi connectivity index (χ1v) is 7.47. The van der Waals surface area contributed by atoms with Gasteiger partial charge in [-0.3, -0.25) is 9.59 Å². The summed E-state index contributed by atoms with van der Waals surface area (Å²) in [6.07, 6.45) is -2.78. The summed E-state index contributed by atoms with van der Waals surface area (Å²) in [4.78, 5) is 23.4. The Morgan fingerprint density at radius 1 is 1.25 bits per heavy atom. The van der Waals surface area contributed by atoms with Crippen molar-refractivity contribution in [1.82, 2.24) is 5.32 Å². The number of carbonyl (C=O) groups is 2. The van der Waals surface area contributed by atoms with Crippen LogP contribution in [0.4, 0.5) is 13.2 Å². The standard InChI is InChI=1S/C17H18F3NO3/c1-11(15(23)21-2)10-14(22)24-16(8-3-9-16)12-4-6-13(7-5-12)17(18,19)20/h4-7H,1,3,8-10H2,2H3,(H,21,23). The van der Waals surface area contributed by atoms with Gasteiger partial charge in [-0.15, -0.1) is 0 Å². The number of hydrogen-bond acceptors (Lipinski definition) is 3. The predicted octanol–water partition coefficient (Wildman–Crippen LogP) is 3.32. The molecular weight excluding hydrogens is 323 g/mol. The van der Waals surface area contributed by atoms with Crippen LogP contribution in [0.5, 0.6) is 0 Å². The van der Waals surface area contributed by atoms with Crippen LogP contribution in [0.25, 0.3) is 0 Å². The molecule has 130 valence electrons. The van der Waals surface area contributed by atoms with Crippen LogP contribution < -0.4 is 5.32 Å². The largest absolute Gasteiger partial charge is 0.454 e. The molecule has 1 amide bonds. The van der Waals surface area contributed by atoms with Crippen LogP contribution in [-0.2, 0) is 26.1 Å². The van der Waals surface area contributed by atoms with E-state index < -0.39 is 29.2 Å². The van der Waals surface area contributed by atoms with Gasteiger partial charge in [0.1, 0.15) is 5.60 Å². The molecule has 0 heterocycles. The van der Waals surface area contributed by atoms with E-state index in [1.54, 1.807) is 0 Å². The van der Waals surface area contributed by atoms with Crippen molar-refractivity contribution in [3.05, 3.63) is 47.5 Å². The minimum absolute atomic E-state index is 0.0735. The summed E-state index contributed by atoms with van der Waals surface area (Å²) in [5.41, 5.74) is -1.06. The maximum absolute atomic E-state index is 12.6. The summed E-state index contributed by atoms with van der Waals surface area (Å²) in [6, 6.07) is 4.63. The lowest BCUT2D eigenvalue weighted by molar-refractivity contribution is -0.171. The zero-order valence-electron chi connectivity index (χ0n) is 13.2. The third-order valence-corrected chi connectivity index (χ3v) is 4.11. The molecule has 1 aliphatic rings. The van der Waals surface area contributed by atoms with Gasteiger partial charge in [0.15, 0.2) is 0 Å². The molecule has 0 unspecified atom stereocenters. The zero-order chi connectivity index (χ0) is 18.0. The van der Waals surface area contributed by atoms with Crippen LogP contribution in [-0.4, -0.2) is 18.9 Å². The normalized spacial score (nSPS) is 16.0. The van der Waals surface area contributed by atoms with Crippen LogP contribution in [0.1, 0.15) is 36.8 Å². The second-order valence-electron chi connectivity index (χ2n) is 5.76. The Morgan fingerprint density at radius 3 is 2.25 bits per heavy atom. The lowest BCUT2D eigenvalue weighted by Gasteiger charge is -2.41. The van der Waals surface area contributed by atoms with Gasteiger partial charge in [-0.1, -0.05) is 18.7 Å². The molecule has 0 atom stereocenters. The van der Waals surface area contributed by atoms with Crippen molar-refractivity contribution in [3.63, 3.8) is 0 Å². The molecule has 2 rings (SSSR count). The average Bonchev–Trinajstić information content (AvgIpc) is 2.49. The molecule has 1 aromatic carbocycles. The molecule has 0 spiro atoms. The maximum Gasteiger partial charge on any atom is 0.416 e. The van der Waals surface area contributed by atoms with Gasteiger partial charge >= 0.3 is 12.1 Å². The molecule has 1 aliphatic carbocycles. The van der Waals surface area contributed by atoms with Crippen LogP contribution in [0.3, 0.4) is 0 Å². The van der Waals surface area contributed by atoms with Crippen molar-refractivity contribution in [2.75, 3.05) is 7.05 Å². The molecule has 0 radical (unpaired) electrons. The molecule has 1 fully saturated rings. The van der Waals surface area contributed by atoms with E-state index in [0.29, 0.717) is 18.4 Å². The third kappa shape index (κ3) is 3.77. The fourth-order valence-electron chi connectivity index (χ4n) is 2.60. The van der Waals surface area contributed by atoms with E-state index >= 15 is 0 Å². The van der Waals surface area contributed by atoms with Gasteiger partial charge in [-0.05, 0) is 37.0 Å². The van der Waals surface area contributed by atoms with E-state index in [2.05, 4.69) is 11.9 Å².